The number of fused-ring (bicyclic) bond motifs is 1. The second-order valence-electron chi connectivity index (χ2n) is 5.37. The molecule has 0 aliphatic rings. The number of nitrogens with one attached hydrogen (secondary N) is 1. The van der Waals surface area contributed by atoms with Crippen LogP contribution in [0.2, 0.25) is 0 Å². The van der Waals surface area contributed by atoms with E-state index in [-0.39, 0.29) is 0 Å². The Balaban J connectivity index is 1.61. The zero-order valence-corrected chi connectivity index (χ0v) is 14.3. The Morgan fingerprint density at radius 1 is 1.00 bits per heavy atom. The highest BCUT2D eigenvalue weighted by atomic mass is 32.1. The lowest BCUT2D eigenvalue weighted by Crippen LogP contribution is -2.34. The van der Waals surface area contributed by atoms with Gasteiger partial charge in [0, 0.05) is 10.3 Å². The van der Waals surface area contributed by atoms with Crippen molar-refractivity contribution in [2.24, 2.45) is 0 Å². The van der Waals surface area contributed by atoms with E-state index in [9.17, 15) is 14.4 Å². The zero-order valence-electron chi connectivity index (χ0n) is 13.4. The Kier molecular flexibility index (Phi) is 4.90. The van der Waals surface area contributed by atoms with E-state index in [1.807, 2.05) is 31.2 Å². The molecule has 1 aromatic heterocycles. The first-order valence-corrected chi connectivity index (χ1v) is 8.42. The third kappa shape index (κ3) is 3.75. The number of carbonyl (C=O) groups excluding carboxylic acids is 3. The van der Waals surface area contributed by atoms with Crippen LogP contribution >= 0.6 is 11.3 Å². The first kappa shape index (κ1) is 16.9. The second kappa shape index (κ2) is 7.27. The predicted octanol–water partition coefficient (Wildman–Crippen LogP) is 3.32. The maximum absolute atomic E-state index is 12.2. The van der Waals surface area contributed by atoms with Gasteiger partial charge in [0.25, 0.3) is 11.8 Å². The highest BCUT2D eigenvalue weighted by Crippen LogP contribution is 2.30. The summed E-state index contributed by atoms with van der Waals surface area (Å²) in [5.74, 6) is -1.76. The molecule has 0 saturated carbocycles. The molecule has 0 bridgehead atoms. The summed E-state index contributed by atoms with van der Waals surface area (Å²) < 4.78 is 6.03. The van der Waals surface area contributed by atoms with Gasteiger partial charge in [-0.2, -0.15) is 0 Å². The molecule has 0 unspecified atom stereocenters. The molecule has 0 fully saturated rings. The Bertz CT molecular complexity index is 946. The number of benzene rings is 2. The Morgan fingerprint density at radius 2 is 1.68 bits per heavy atom. The van der Waals surface area contributed by atoms with Gasteiger partial charge in [0.1, 0.15) is 4.88 Å². The van der Waals surface area contributed by atoms with Crippen molar-refractivity contribution in [3.63, 3.8) is 0 Å². The van der Waals surface area contributed by atoms with E-state index in [4.69, 9.17) is 4.74 Å². The number of hydrogen-bond acceptors (Lipinski definition) is 5. The van der Waals surface area contributed by atoms with E-state index in [1.54, 1.807) is 30.3 Å². The van der Waals surface area contributed by atoms with Crippen molar-refractivity contribution >= 4 is 39.2 Å². The summed E-state index contributed by atoms with van der Waals surface area (Å²) in [4.78, 5) is 36.4. The van der Waals surface area contributed by atoms with Crippen molar-refractivity contribution in [3.8, 4) is 0 Å². The van der Waals surface area contributed by atoms with E-state index in [2.05, 4.69) is 5.32 Å². The molecule has 25 heavy (non-hydrogen) atoms. The Hall–Kier alpha value is -2.99. The number of hydrogen-bond donors (Lipinski definition) is 1. The highest BCUT2D eigenvalue weighted by Gasteiger charge is 2.18. The van der Waals surface area contributed by atoms with Gasteiger partial charge in [0.15, 0.2) is 6.61 Å². The summed E-state index contributed by atoms with van der Waals surface area (Å²) in [7, 11) is 0. The minimum absolute atomic E-state index is 0.363. The summed E-state index contributed by atoms with van der Waals surface area (Å²) in [5, 5.41) is 3.18. The number of esters is 1. The van der Waals surface area contributed by atoms with Gasteiger partial charge in [-0.05, 0) is 36.1 Å². The number of carbonyl (C=O) groups is 3. The fourth-order valence-corrected chi connectivity index (χ4v) is 3.49. The van der Waals surface area contributed by atoms with Gasteiger partial charge in [-0.15, -0.1) is 11.3 Å². The number of amides is 2. The largest absolute Gasteiger partial charge is 0.451 e. The van der Waals surface area contributed by atoms with Gasteiger partial charge >= 0.3 is 5.97 Å². The van der Waals surface area contributed by atoms with E-state index >= 15 is 0 Å². The lowest BCUT2D eigenvalue weighted by Gasteiger charge is -2.05. The molecule has 0 aliphatic heterocycles. The van der Waals surface area contributed by atoms with Crippen molar-refractivity contribution in [1.29, 1.82) is 0 Å². The molecule has 0 atom stereocenters. The first-order chi connectivity index (χ1) is 12.1. The van der Waals surface area contributed by atoms with Crippen LogP contribution in [0, 0.1) is 6.92 Å². The molecule has 0 aliphatic carbocycles. The summed E-state index contributed by atoms with van der Waals surface area (Å²) in [6.07, 6.45) is 0. The summed E-state index contributed by atoms with van der Waals surface area (Å²) in [6.45, 7) is 1.33. The van der Waals surface area contributed by atoms with E-state index in [0.29, 0.717) is 10.4 Å². The van der Waals surface area contributed by atoms with Crippen molar-refractivity contribution < 1.29 is 19.1 Å². The van der Waals surface area contributed by atoms with Crippen LogP contribution in [0.5, 0.6) is 0 Å². The Labute approximate surface area is 148 Å². The molecule has 126 valence electrons. The van der Waals surface area contributed by atoms with Crippen LogP contribution in [0.15, 0.2) is 54.6 Å². The normalized spacial score (nSPS) is 10.4. The van der Waals surface area contributed by atoms with Gasteiger partial charge in [0.05, 0.1) is 0 Å². The minimum atomic E-state index is -0.666. The predicted molar refractivity (Wildman–Crippen MR) is 95.8 cm³/mol. The van der Waals surface area contributed by atoms with Crippen LogP contribution in [-0.2, 0) is 9.53 Å². The third-order valence-corrected chi connectivity index (χ3v) is 4.91. The smallest absolute Gasteiger partial charge is 0.349 e. The van der Waals surface area contributed by atoms with Gasteiger partial charge < -0.3 is 4.74 Å². The van der Waals surface area contributed by atoms with Crippen LogP contribution in [-0.4, -0.2) is 24.4 Å². The molecule has 1 N–H and O–H groups in total. The fraction of sp³-hybridized carbons (Fsp3) is 0.105. The van der Waals surface area contributed by atoms with Gasteiger partial charge in [-0.25, -0.2) is 4.79 Å². The SMILES string of the molecule is Cc1c(C(=O)OCC(=O)NC(=O)c2ccccc2)sc2ccccc12. The van der Waals surface area contributed by atoms with Crippen LogP contribution in [0.25, 0.3) is 10.1 Å². The van der Waals surface area contributed by atoms with Crippen molar-refractivity contribution in [3.05, 3.63) is 70.6 Å². The van der Waals surface area contributed by atoms with E-state index in [0.717, 1.165) is 15.6 Å². The molecule has 2 aromatic carbocycles. The van der Waals surface area contributed by atoms with Crippen molar-refractivity contribution in [1.82, 2.24) is 5.32 Å². The molecule has 1 heterocycles. The number of thiophene rings is 1. The number of rotatable bonds is 4. The summed E-state index contributed by atoms with van der Waals surface area (Å²) >= 11 is 1.32. The number of ether oxygens (including phenoxy) is 1. The fourth-order valence-electron chi connectivity index (χ4n) is 2.39. The van der Waals surface area contributed by atoms with Gasteiger partial charge in [-0.3, -0.25) is 14.9 Å². The van der Waals surface area contributed by atoms with Crippen LogP contribution in [0.3, 0.4) is 0 Å². The number of aryl methyl sites for hydroxylation is 1. The quantitative estimate of drug-likeness (QED) is 0.730. The molecular weight excluding hydrogens is 338 g/mol. The molecule has 3 aromatic rings. The molecule has 3 rings (SSSR count). The maximum atomic E-state index is 12.2. The zero-order chi connectivity index (χ0) is 17.8. The average molecular weight is 353 g/mol. The highest BCUT2D eigenvalue weighted by molar-refractivity contribution is 7.21. The first-order valence-electron chi connectivity index (χ1n) is 7.61. The molecule has 0 spiro atoms. The second-order valence-corrected chi connectivity index (χ2v) is 6.42. The topological polar surface area (TPSA) is 72.5 Å². The third-order valence-electron chi connectivity index (χ3n) is 3.65. The monoisotopic (exact) mass is 353 g/mol. The minimum Gasteiger partial charge on any atom is -0.451 e. The van der Waals surface area contributed by atoms with Crippen LogP contribution < -0.4 is 5.32 Å². The van der Waals surface area contributed by atoms with Crippen LogP contribution in [0.1, 0.15) is 25.6 Å². The van der Waals surface area contributed by atoms with Crippen molar-refractivity contribution in [2.75, 3.05) is 6.61 Å². The molecule has 6 heteroatoms. The molecule has 2 amide bonds. The lowest BCUT2D eigenvalue weighted by molar-refractivity contribution is -0.123. The Morgan fingerprint density at radius 3 is 2.40 bits per heavy atom. The molecule has 0 saturated heterocycles. The van der Waals surface area contributed by atoms with Crippen molar-refractivity contribution in [2.45, 2.75) is 6.92 Å². The summed E-state index contributed by atoms with van der Waals surface area (Å²) in [5.41, 5.74) is 1.19. The number of imide groups is 1. The standard InChI is InChI=1S/C19H15NO4S/c1-12-14-9-5-6-10-15(14)25-17(12)19(23)24-11-16(21)20-18(22)13-7-3-2-4-8-13/h2-10H,11H2,1H3,(H,20,21,22). The van der Waals surface area contributed by atoms with Crippen LogP contribution in [0.4, 0.5) is 0 Å². The molecule has 5 nitrogen and oxygen atoms in total. The maximum Gasteiger partial charge on any atom is 0.349 e. The molecule has 0 radical (unpaired) electrons. The van der Waals surface area contributed by atoms with Gasteiger partial charge in [-0.1, -0.05) is 36.4 Å². The molecular formula is C19H15NO4S. The van der Waals surface area contributed by atoms with E-state index < -0.39 is 24.4 Å². The average Bonchev–Trinajstić information content (AvgIpc) is 2.97. The summed E-state index contributed by atoms with van der Waals surface area (Å²) in [6, 6.07) is 16.0. The van der Waals surface area contributed by atoms with E-state index in [1.165, 1.54) is 11.3 Å². The lowest BCUT2D eigenvalue weighted by atomic mass is 10.1. The van der Waals surface area contributed by atoms with Gasteiger partial charge in [0.2, 0.25) is 0 Å².